The molecule has 0 radical (unpaired) electrons. The number of rotatable bonds is 4. The summed E-state index contributed by atoms with van der Waals surface area (Å²) in [5, 5.41) is 9.87. The van der Waals surface area contributed by atoms with Crippen LogP contribution < -0.4 is 0 Å². The lowest BCUT2D eigenvalue weighted by atomic mass is 10.0. The number of nitrogens with zero attached hydrogens (tertiary/aromatic N) is 1. The molecular weight excluding hydrogens is 238 g/mol. The summed E-state index contributed by atoms with van der Waals surface area (Å²) in [7, 11) is 3.93. The number of benzene rings is 2. The van der Waals surface area contributed by atoms with Crippen LogP contribution >= 0.6 is 0 Å². The second-order valence-electron chi connectivity index (χ2n) is 4.78. The molecule has 0 saturated heterocycles. The summed E-state index contributed by atoms with van der Waals surface area (Å²) in [6, 6.07) is 14.2. The van der Waals surface area contributed by atoms with Gasteiger partial charge in [0.2, 0.25) is 0 Å². The van der Waals surface area contributed by atoms with Crippen LogP contribution in [0.5, 0.6) is 5.75 Å². The fourth-order valence-electron chi connectivity index (χ4n) is 1.97. The van der Waals surface area contributed by atoms with Gasteiger partial charge in [-0.25, -0.2) is 0 Å². The van der Waals surface area contributed by atoms with Gasteiger partial charge in [-0.05, 0) is 31.8 Å². The Hall–Kier alpha value is -2.13. The molecule has 0 bridgehead atoms. The molecule has 0 fully saturated rings. The van der Waals surface area contributed by atoms with Crippen LogP contribution in [0.1, 0.15) is 21.5 Å². The summed E-state index contributed by atoms with van der Waals surface area (Å²) >= 11 is 0. The van der Waals surface area contributed by atoms with Crippen molar-refractivity contribution in [3.8, 4) is 5.75 Å². The third kappa shape index (κ3) is 3.20. The number of hydrogen-bond donors (Lipinski definition) is 1. The van der Waals surface area contributed by atoms with E-state index in [1.54, 1.807) is 24.3 Å². The lowest BCUT2D eigenvalue weighted by Crippen LogP contribution is -2.11. The molecule has 1 N–H and O–H groups in total. The van der Waals surface area contributed by atoms with Gasteiger partial charge in [-0.1, -0.05) is 36.4 Å². The van der Waals surface area contributed by atoms with Crippen molar-refractivity contribution in [3.05, 3.63) is 65.2 Å². The summed E-state index contributed by atoms with van der Waals surface area (Å²) in [6.45, 7) is 0.731. The summed E-state index contributed by atoms with van der Waals surface area (Å²) in [4.78, 5) is 14.3. The van der Waals surface area contributed by atoms with Gasteiger partial charge >= 0.3 is 0 Å². The van der Waals surface area contributed by atoms with E-state index < -0.39 is 0 Å². The minimum atomic E-state index is -0.154. The van der Waals surface area contributed by atoms with E-state index in [0.29, 0.717) is 11.1 Å². The first-order chi connectivity index (χ1) is 9.08. The van der Waals surface area contributed by atoms with Crippen LogP contribution in [0.2, 0.25) is 0 Å². The van der Waals surface area contributed by atoms with E-state index in [1.807, 2.05) is 43.3 Å². The molecular formula is C16H17NO2. The van der Waals surface area contributed by atoms with Crippen molar-refractivity contribution in [2.75, 3.05) is 14.1 Å². The van der Waals surface area contributed by atoms with E-state index in [0.717, 1.165) is 12.1 Å². The van der Waals surface area contributed by atoms with Crippen molar-refractivity contribution in [2.45, 2.75) is 6.54 Å². The van der Waals surface area contributed by atoms with Crippen molar-refractivity contribution >= 4 is 5.78 Å². The maximum absolute atomic E-state index is 12.3. The molecule has 0 atom stereocenters. The van der Waals surface area contributed by atoms with Crippen molar-refractivity contribution in [1.29, 1.82) is 0 Å². The third-order valence-corrected chi connectivity index (χ3v) is 2.84. The highest BCUT2D eigenvalue weighted by molar-refractivity contribution is 6.10. The number of carbonyl (C=O) groups is 1. The van der Waals surface area contributed by atoms with Gasteiger partial charge in [-0.2, -0.15) is 0 Å². The van der Waals surface area contributed by atoms with E-state index in [2.05, 4.69) is 0 Å². The van der Waals surface area contributed by atoms with Gasteiger partial charge in [0.1, 0.15) is 5.75 Å². The van der Waals surface area contributed by atoms with Gasteiger partial charge in [0.25, 0.3) is 0 Å². The van der Waals surface area contributed by atoms with E-state index in [-0.39, 0.29) is 11.5 Å². The SMILES string of the molecule is CN(C)Cc1ccc(O)c(C(=O)c2ccccc2)c1. The van der Waals surface area contributed by atoms with Crippen molar-refractivity contribution in [2.24, 2.45) is 0 Å². The Morgan fingerprint density at radius 3 is 2.42 bits per heavy atom. The molecule has 3 nitrogen and oxygen atoms in total. The molecule has 0 saturated carbocycles. The molecule has 0 aliphatic carbocycles. The number of ketones is 1. The van der Waals surface area contributed by atoms with E-state index in [4.69, 9.17) is 0 Å². The van der Waals surface area contributed by atoms with Crippen LogP contribution in [0.4, 0.5) is 0 Å². The molecule has 0 heterocycles. The van der Waals surface area contributed by atoms with Crippen LogP contribution in [-0.2, 0) is 6.54 Å². The maximum atomic E-state index is 12.3. The lowest BCUT2D eigenvalue weighted by molar-refractivity contribution is 0.103. The summed E-state index contributed by atoms with van der Waals surface area (Å²) in [5.41, 5.74) is 1.94. The average molecular weight is 255 g/mol. The highest BCUT2D eigenvalue weighted by Crippen LogP contribution is 2.22. The van der Waals surface area contributed by atoms with E-state index in [9.17, 15) is 9.90 Å². The number of aromatic hydroxyl groups is 1. The predicted molar refractivity (Wildman–Crippen MR) is 75.4 cm³/mol. The Balaban J connectivity index is 2.36. The van der Waals surface area contributed by atoms with Crippen molar-refractivity contribution in [1.82, 2.24) is 4.90 Å². The van der Waals surface area contributed by atoms with E-state index in [1.165, 1.54) is 0 Å². The van der Waals surface area contributed by atoms with Gasteiger partial charge < -0.3 is 10.0 Å². The second-order valence-corrected chi connectivity index (χ2v) is 4.78. The minimum absolute atomic E-state index is 0.0244. The van der Waals surface area contributed by atoms with Crippen LogP contribution in [0, 0.1) is 0 Å². The normalized spacial score (nSPS) is 10.7. The second kappa shape index (κ2) is 5.67. The topological polar surface area (TPSA) is 40.5 Å². The fourth-order valence-corrected chi connectivity index (χ4v) is 1.97. The number of phenols is 1. The molecule has 0 amide bonds. The summed E-state index contributed by atoms with van der Waals surface area (Å²) in [6.07, 6.45) is 0. The molecule has 19 heavy (non-hydrogen) atoms. The third-order valence-electron chi connectivity index (χ3n) is 2.84. The number of phenolic OH excluding ortho intramolecular Hbond substituents is 1. The Bertz CT molecular complexity index is 577. The quantitative estimate of drug-likeness (QED) is 0.854. The first-order valence-corrected chi connectivity index (χ1v) is 6.14. The monoisotopic (exact) mass is 255 g/mol. The molecule has 0 aliphatic rings. The van der Waals surface area contributed by atoms with Crippen LogP contribution in [0.25, 0.3) is 0 Å². The van der Waals surface area contributed by atoms with Gasteiger partial charge in [-0.3, -0.25) is 4.79 Å². The van der Waals surface area contributed by atoms with Gasteiger partial charge in [-0.15, -0.1) is 0 Å². The maximum Gasteiger partial charge on any atom is 0.196 e. The Kier molecular flexibility index (Phi) is 3.97. The van der Waals surface area contributed by atoms with Crippen LogP contribution in [0.15, 0.2) is 48.5 Å². The Morgan fingerprint density at radius 1 is 1.11 bits per heavy atom. The zero-order valence-electron chi connectivity index (χ0n) is 11.1. The standard InChI is InChI=1S/C16H17NO2/c1-17(2)11-12-8-9-15(18)14(10-12)16(19)13-6-4-3-5-7-13/h3-10,18H,11H2,1-2H3. The van der Waals surface area contributed by atoms with Crippen LogP contribution in [0.3, 0.4) is 0 Å². The first-order valence-electron chi connectivity index (χ1n) is 6.14. The zero-order valence-corrected chi connectivity index (χ0v) is 11.1. The molecule has 3 heteroatoms. The highest BCUT2D eigenvalue weighted by atomic mass is 16.3. The van der Waals surface area contributed by atoms with Crippen molar-refractivity contribution < 1.29 is 9.90 Å². The molecule has 0 aromatic heterocycles. The zero-order chi connectivity index (χ0) is 13.8. The summed E-state index contributed by atoms with van der Waals surface area (Å²) < 4.78 is 0. The highest BCUT2D eigenvalue weighted by Gasteiger charge is 2.14. The van der Waals surface area contributed by atoms with Crippen molar-refractivity contribution in [3.63, 3.8) is 0 Å². The molecule has 0 spiro atoms. The fraction of sp³-hybridized carbons (Fsp3) is 0.188. The van der Waals surface area contributed by atoms with Gasteiger partial charge in [0.05, 0.1) is 5.56 Å². The first kappa shape index (κ1) is 13.3. The summed E-state index contributed by atoms with van der Waals surface area (Å²) in [5.74, 6) is -0.130. The molecule has 98 valence electrons. The Morgan fingerprint density at radius 2 is 1.79 bits per heavy atom. The minimum Gasteiger partial charge on any atom is -0.507 e. The number of carbonyl (C=O) groups excluding carboxylic acids is 1. The van der Waals surface area contributed by atoms with E-state index >= 15 is 0 Å². The molecule has 0 unspecified atom stereocenters. The predicted octanol–water partition coefficient (Wildman–Crippen LogP) is 2.68. The molecule has 0 aliphatic heterocycles. The molecule has 2 rings (SSSR count). The molecule has 2 aromatic rings. The lowest BCUT2D eigenvalue weighted by Gasteiger charge is -2.11. The molecule has 2 aromatic carbocycles. The average Bonchev–Trinajstić information content (AvgIpc) is 2.40. The van der Waals surface area contributed by atoms with Gasteiger partial charge in [0, 0.05) is 12.1 Å². The largest absolute Gasteiger partial charge is 0.507 e. The number of hydrogen-bond acceptors (Lipinski definition) is 3. The van der Waals surface area contributed by atoms with Crippen LogP contribution in [-0.4, -0.2) is 29.9 Å². The smallest absolute Gasteiger partial charge is 0.196 e. The van der Waals surface area contributed by atoms with Gasteiger partial charge in [0.15, 0.2) is 5.78 Å². The Labute approximate surface area is 113 Å².